The number of nitrogens with zero attached hydrogens (tertiary/aromatic N) is 3. The Morgan fingerprint density at radius 2 is 2.21 bits per heavy atom. The van der Waals surface area contributed by atoms with Crippen LogP contribution in [0.3, 0.4) is 0 Å². The molecule has 0 aromatic heterocycles. The summed E-state index contributed by atoms with van der Waals surface area (Å²) in [6, 6.07) is 5.65. The molecule has 24 heavy (non-hydrogen) atoms. The molecule has 0 saturated heterocycles. The number of nitrogens with one attached hydrogen (secondary N) is 1. The smallest absolute Gasteiger partial charge is 0.271 e. The van der Waals surface area contributed by atoms with Crippen molar-refractivity contribution in [1.82, 2.24) is 4.90 Å². The van der Waals surface area contributed by atoms with Crippen LogP contribution in [0, 0.1) is 10.1 Å². The van der Waals surface area contributed by atoms with Crippen molar-refractivity contribution in [2.75, 3.05) is 5.32 Å². The summed E-state index contributed by atoms with van der Waals surface area (Å²) < 4.78 is 0. The molecule has 2 aliphatic rings. The number of fused-ring (bicyclic) bond motifs is 1. The van der Waals surface area contributed by atoms with E-state index in [2.05, 4.69) is 10.3 Å². The van der Waals surface area contributed by atoms with E-state index in [-0.39, 0.29) is 12.1 Å². The molecule has 0 bridgehead atoms. The van der Waals surface area contributed by atoms with Crippen LogP contribution in [0.1, 0.15) is 13.3 Å². The minimum absolute atomic E-state index is 0.0879. The lowest BCUT2D eigenvalue weighted by atomic mass is 9.91. The van der Waals surface area contributed by atoms with Crippen LogP contribution in [0.2, 0.25) is 0 Å². The van der Waals surface area contributed by atoms with Crippen LogP contribution in [0.25, 0.3) is 0 Å². The number of nitro groups is 1. The van der Waals surface area contributed by atoms with Crippen molar-refractivity contribution in [2.24, 2.45) is 4.99 Å². The molecule has 3 rings (SSSR count). The summed E-state index contributed by atoms with van der Waals surface area (Å²) >= 11 is 0. The number of rotatable bonds is 3. The molecule has 1 atom stereocenters. The Morgan fingerprint density at radius 3 is 2.96 bits per heavy atom. The monoisotopic (exact) mass is 326 g/mol. The molecular weight excluding hydrogens is 312 g/mol. The van der Waals surface area contributed by atoms with Crippen molar-refractivity contribution in [2.45, 2.75) is 18.9 Å². The lowest BCUT2D eigenvalue weighted by Crippen LogP contribution is -2.58. The minimum atomic E-state index is -1.17. The summed E-state index contributed by atoms with van der Waals surface area (Å²) in [5.74, 6) is -0.438. The van der Waals surface area contributed by atoms with Gasteiger partial charge in [-0.3, -0.25) is 19.7 Å². The standard InChI is InChI=1S/C16H14N4O4/c1-16(10-14(21)18-13-7-2-3-8-19(13)16)15(22)17-11-5-4-6-12(9-11)20(23)24/h2-9H,10H2,1H3,(H,17,22). The summed E-state index contributed by atoms with van der Waals surface area (Å²) in [5, 5.41) is 13.5. The fourth-order valence-electron chi connectivity index (χ4n) is 2.64. The van der Waals surface area contributed by atoms with E-state index in [1.807, 2.05) is 0 Å². The minimum Gasteiger partial charge on any atom is -0.324 e. The fourth-order valence-corrected chi connectivity index (χ4v) is 2.64. The van der Waals surface area contributed by atoms with Crippen LogP contribution in [-0.2, 0) is 9.59 Å². The predicted octanol–water partition coefficient (Wildman–Crippen LogP) is 2.01. The molecule has 0 radical (unpaired) electrons. The molecule has 0 aliphatic carbocycles. The number of amidine groups is 1. The van der Waals surface area contributed by atoms with E-state index < -0.39 is 22.3 Å². The SMILES string of the molecule is CC1(C(=O)Nc2cccc([N+](=O)[O-])c2)CC(=O)N=C2C=CC=CN21. The number of carbonyl (C=O) groups excluding carboxylic acids is 2. The maximum absolute atomic E-state index is 12.8. The number of anilines is 1. The molecule has 8 heteroatoms. The van der Waals surface area contributed by atoms with Crippen molar-refractivity contribution in [3.8, 4) is 0 Å². The van der Waals surface area contributed by atoms with Gasteiger partial charge in [0.25, 0.3) is 17.5 Å². The van der Waals surface area contributed by atoms with Gasteiger partial charge in [-0.25, -0.2) is 0 Å². The van der Waals surface area contributed by atoms with Gasteiger partial charge in [-0.05, 0) is 25.1 Å². The van der Waals surface area contributed by atoms with Gasteiger partial charge in [-0.2, -0.15) is 4.99 Å². The zero-order valence-electron chi connectivity index (χ0n) is 12.8. The molecule has 1 aromatic rings. The Labute approximate surface area is 137 Å². The van der Waals surface area contributed by atoms with E-state index in [1.54, 1.807) is 42.3 Å². The first-order chi connectivity index (χ1) is 11.4. The van der Waals surface area contributed by atoms with Crippen LogP contribution in [0.4, 0.5) is 11.4 Å². The first-order valence-electron chi connectivity index (χ1n) is 7.22. The number of allylic oxidation sites excluding steroid dienone is 2. The predicted molar refractivity (Wildman–Crippen MR) is 87.3 cm³/mol. The highest BCUT2D eigenvalue weighted by Gasteiger charge is 2.45. The summed E-state index contributed by atoms with van der Waals surface area (Å²) in [7, 11) is 0. The van der Waals surface area contributed by atoms with Gasteiger partial charge in [0.15, 0.2) is 0 Å². The van der Waals surface area contributed by atoms with E-state index in [9.17, 15) is 19.7 Å². The Hall–Kier alpha value is -3.29. The molecule has 0 fully saturated rings. The molecule has 1 aromatic carbocycles. The van der Waals surface area contributed by atoms with Gasteiger partial charge in [0.2, 0.25) is 0 Å². The number of benzene rings is 1. The van der Waals surface area contributed by atoms with Crippen LogP contribution < -0.4 is 5.32 Å². The first-order valence-corrected chi connectivity index (χ1v) is 7.22. The average molecular weight is 326 g/mol. The fraction of sp³-hybridized carbons (Fsp3) is 0.188. The number of aliphatic imine (C=N–C) groups is 1. The molecule has 8 nitrogen and oxygen atoms in total. The number of amides is 2. The number of hydrogen-bond acceptors (Lipinski definition) is 5. The van der Waals surface area contributed by atoms with Crippen LogP contribution in [0.5, 0.6) is 0 Å². The van der Waals surface area contributed by atoms with Crippen molar-refractivity contribution >= 4 is 29.0 Å². The maximum Gasteiger partial charge on any atom is 0.271 e. The molecule has 1 unspecified atom stereocenters. The normalized spacial score (nSPS) is 22.0. The molecular formula is C16H14N4O4. The molecule has 1 N–H and O–H groups in total. The zero-order valence-corrected chi connectivity index (χ0v) is 12.8. The molecule has 2 aliphatic heterocycles. The van der Waals surface area contributed by atoms with Crippen LogP contribution in [-0.4, -0.2) is 33.0 Å². The maximum atomic E-state index is 12.8. The van der Waals surface area contributed by atoms with Gasteiger partial charge >= 0.3 is 0 Å². The second-order valence-corrected chi connectivity index (χ2v) is 5.65. The number of carbonyl (C=O) groups is 2. The van der Waals surface area contributed by atoms with Gasteiger partial charge in [0.1, 0.15) is 11.4 Å². The highest BCUT2D eigenvalue weighted by Crippen LogP contribution is 2.29. The number of nitro benzene ring substituents is 1. The third kappa shape index (κ3) is 2.69. The second-order valence-electron chi connectivity index (χ2n) is 5.65. The summed E-state index contributed by atoms with van der Waals surface area (Å²) in [6.07, 6.45) is 6.71. The lowest BCUT2D eigenvalue weighted by molar-refractivity contribution is -0.384. The lowest BCUT2D eigenvalue weighted by Gasteiger charge is -2.41. The molecule has 0 spiro atoms. The van der Waals surface area contributed by atoms with Gasteiger partial charge in [-0.15, -0.1) is 0 Å². The van der Waals surface area contributed by atoms with E-state index in [1.165, 1.54) is 18.2 Å². The first kappa shape index (κ1) is 15.6. The third-order valence-electron chi connectivity index (χ3n) is 3.91. The Morgan fingerprint density at radius 1 is 1.42 bits per heavy atom. The molecule has 2 amide bonds. The third-order valence-corrected chi connectivity index (χ3v) is 3.91. The largest absolute Gasteiger partial charge is 0.324 e. The van der Waals surface area contributed by atoms with E-state index in [0.717, 1.165) is 0 Å². The summed E-state index contributed by atoms with van der Waals surface area (Å²) in [6.45, 7) is 1.63. The summed E-state index contributed by atoms with van der Waals surface area (Å²) in [5.41, 5.74) is -0.996. The second kappa shape index (κ2) is 5.73. The van der Waals surface area contributed by atoms with Crippen molar-refractivity contribution in [3.63, 3.8) is 0 Å². The highest BCUT2D eigenvalue weighted by molar-refractivity contribution is 6.11. The van der Waals surface area contributed by atoms with Crippen LogP contribution in [0.15, 0.2) is 53.7 Å². The van der Waals surface area contributed by atoms with Gasteiger partial charge < -0.3 is 10.2 Å². The Balaban J connectivity index is 1.89. The van der Waals surface area contributed by atoms with E-state index >= 15 is 0 Å². The van der Waals surface area contributed by atoms with E-state index in [0.29, 0.717) is 11.5 Å². The Kier molecular flexibility index (Phi) is 3.72. The van der Waals surface area contributed by atoms with Gasteiger partial charge in [-0.1, -0.05) is 12.1 Å². The molecule has 122 valence electrons. The molecule has 2 heterocycles. The number of hydrogen-bond donors (Lipinski definition) is 1. The van der Waals surface area contributed by atoms with Crippen molar-refractivity contribution in [1.29, 1.82) is 0 Å². The topological polar surface area (TPSA) is 105 Å². The average Bonchev–Trinajstić information content (AvgIpc) is 2.55. The molecule has 0 saturated carbocycles. The Bertz CT molecular complexity index is 827. The van der Waals surface area contributed by atoms with Crippen LogP contribution >= 0.6 is 0 Å². The van der Waals surface area contributed by atoms with Crippen molar-refractivity contribution < 1.29 is 14.5 Å². The van der Waals surface area contributed by atoms with Crippen molar-refractivity contribution in [3.05, 3.63) is 58.8 Å². The van der Waals surface area contributed by atoms with Gasteiger partial charge in [0, 0.05) is 24.0 Å². The quantitative estimate of drug-likeness (QED) is 0.675. The zero-order chi connectivity index (χ0) is 17.3. The number of non-ortho nitro benzene ring substituents is 1. The summed E-state index contributed by atoms with van der Waals surface area (Å²) in [4.78, 5) is 40.5. The van der Waals surface area contributed by atoms with Gasteiger partial charge in [0.05, 0.1) is 11.3 Å². The van der Waals surface area contributed by atoms with E-state index in [4.69, 9.17) is 0 Å². The highest BCUT2D eigenvalue weighted by atomic mass is 16.6.